The van der Waals surface area contributed by atoms with Gasteiger partial charge in [-0.15, -0.1) is 10.2 Å². The Morgan fingerprint density at radius 3 is 2.53 bits per heavy atom. The number of hydrogen-bond donors (Lipinski definition) is 0. The zero-order chi connectivity index (χ0) is 10.7. The third kappa shape index (κ3) is 2.59. The van der Waals surface area contributed by atoms with Gasteiger partial charge in [0.05, 0.1) is 0 Å². The fraction of sp³-hybridized carbons (Fsp3) is 0.273. The predicted molar refractivity (Wildman–Crippen MR) is 60.7 cm³/mol. The van der Waals surface area contributed by atoms with Crippen molar-refractivity contribution in [3.05, 3.63) is 30.3 Å². The SMILES string of the molecule is CC(C)Sc1nnc(-c2ccccc2)o1. The summed E-state index contributed by atoms with van der Waals surface area (Å²) >= 11 is 1.57. The van der Waals surface area contributed by atoms with Gasteiger partial charge in [-0.1, -0.05) is 43.8 Å². The molecule has 0 amide bonds. The maximum absolute atomic E-state index is 5.52. The average molecular weight is 220 g/mol. The van der Waals surface area contributed by atoms with E-state index < -0.39 is 0 Å². The van der Waals surface area contributed by atoms with E-state index in [0.29, 0.717) is 16.4 Å². The molecule has 0 saturated heterocycles. The van der Waals surface area contributed by atoms with Gasteiger partial charge in [0.25, 0.3) is 5.22 Å². The molecule has 0 radical (unpaired) electrons. The summed E-state index contributed by atoms with van der Waals surface area (Å²) in [5, 5.41) is 9.06. The molecule has 0 bridgehead atoms. The fourth-order valence-corrected chi connectivity index (χ4v) is 1.77. The molecular weight excluding hydrogens is 208 g/mol. The van der Waals surface area contributed by atoms with Crippen LogP contribution in [0.5, 0.6) is 0 Å². The van der Waals surface area contributed by atoms with E-state index in [4.69, 9.17) is 4.42 Å². The maximum atomic E-state index is 5.52. The molecule has 15 heavy (non-hydrogen) atoms. The summed E-state index contributed by atoms with van der Waals surface area (Å²) in [5.74, 6) is 0.582. The number of hydrogen-bond acceptors (Lipinski definition) is 4. The lowest BCUT2D eigenvalue weighted by molar-refractivity contribution is 0.465. The second-order valence-corrected chi connectivity index (χ2v) is 4.93. The van der Waals surface area contributed by atoms with Crippen LogP contribution in [0.15, 0.2) is 40.0 Å². The van der Waals surface area contributed by atoms with Crippen LogP contribution in [0.1, 0.15) is 13.8 Å². The van der Waals surface area contributed by atoms with Crippen molar-refractivity contribution in [2.75, 3.05) is 0 Å². The van der Waals surface area contributed by atoms with Crippen LogP contribution in [0.4, 0.5) is 0 Å². The van der Waals surface area contributed by atoms with Gasteiger partial charge in [0, 0.05) is 10.8 Å². The van der Waals surface area contributed by atoms with Crippen LogP contribution in [-0.2, 0) is 0 Å². The van der Waals surface area contributed by atoms with E-state index in [1.54, 1.807) is 11.8 Å². The van der Waals surface area contributed by atoms with E-state index in [1.807, 2.05) is 30.3 Å². The number of nitrogens with zero attached hydrogens (tertiary/aromatic N) is 2. The minimum atomic E-state index is 0.453. The molecular formula is C11H12N2OS. The van der Waals surface area contributed by atoms with Gasteiger partial charge < -0.3 is 4.42 Å². The zero-order valence-corrected chi connectivity index (χ0v) is 9.49. The van der Waals surface area contributed by atoms with Crippen molar-refractivity contribution in [2.45, 2.75) is 24.3 Å². The first-order valence-corrected chi connectivity index (χ1v) is 5.69. The summed E-state index contributed by atoms with van der Waals surface area (Å²) < 4.78 is 5.52. The first-order valence-electron chi connectivity index (χ1n) is 4.81. The monoisotopic (exact) mass is 220 g/mol. The van der Waals surface area contributed by atoms with Gasteiger partial charge in [-0.05, 0) is 12.1 Å². The minimum Gasteiger partial charge on any atom is -0.411 e. The quantitative estimate of drug-likeness (QED) is 0.744. The first kappa shape index (κ1) is 10.2. The molecule has 2 aromatic rings. The zero-order valence-electron chi connectivity index (χ0n) is 8.68. The van der Waals surface area contributed by atoms with Gasteiger partial charge in [0.1, 0.15) is 0 Å². The van der Waals surface area contributed by atoms with E-state index in [-0.39, 0.29) is 0 Å². The summed E-state index contributed by atoms with van der Waals surface area (Å²) in [5.41, 5.74) is 0.959. The van der Waals surface area contributed by atoms with Crippen LogP contribution >= 0.6 is 11.8 Å². The molecule has 0 N–H and O–H groups in total. The number of rotatable bonds is 3. The topological polar surface area (TPSA) is 38.9 Å². The second-order valence-electron chi connectivity index (χ2n) is 3.41. The normalized spacial score (nSPS) is 10.9. The Morgan fingerprint density at radius 1 is 1.13 bits per heavy atom. The van der Waals surface area contributed by atoms with Gasteiger partial charge in [-0.25, -0.2) is 0 Å². The van der Waals surface area contributed by atoms with Crippen molar-refractivity contribution < 1.29 is 4.42 Å². The van der Waals surface area contributed by atoms with Crippen molar-refractivity contribution in [1.82, 2.24) is 10.2 Å². The molecule has 0 spiro atoms. The van der Waals surface area contributed by atoms with E-state index in [9.17, 15) is 0 Å². The summed E-state index contributed by atoms with van der Waals surface area (Å²) in [7, 11) is 0. The lowest BCUT2D eigenvalue weighted by atomic mass is 10.2. The van der Waals surface area contributed by atoms with Crippen LogP contribution in [0.3, 0.4) is 0 Å². The Balaban J connectivity index is 2.21. The highest BCUT2D eigenvalue weighted by Crippen LogP contribution is 2.25. The summed E-state index contributed by atoms with van der Waals surface area (Å²) in [4.78, 5) is 0. The molecule has 0 fully saturated rings. The third-order valence-electron chi connectivity index (χ3n) is 1.76. The molecule has 0 aliphatic rings. The van der Waals surface area contributed by atoms with E-state index in [2.05, 4.69) is 24.0 Å². The molecule has 3 nitrogen and oxygen atoms in total. The average Bonchev–Trinajstić information content (AvgIpc) is 2.67. The van der Waals surface area contributed by atoms with Gasteiger partial charge in [0.15, 0.2) is 0 Å². The van der Waals surface area contributed by atoms with E-state index >= 15 is 0 Å². The first-order chi connectivity index (χ1) is 7.25. The smallest absolute Gasteiger partial charge is 0.277 e. The summed E-state index contributed by atoms with van der Waals surface area (Å²) in [6, 6.07) is 9.78. The van der Waals surface area contributed by atoms with Crippen molar-refractivity contribution in [3.8, 4) is 11.5 Å². The highest BCUT2D eigenvalue weighted by molar-refractivity contribution is 7.99. The molecule has 0 atom stereocenters. The molecule has 78 valence electrons. The van der Waals surface area contributed by atoms with Crippen molar-refractivity contribution in [2.24, 2.45) is 0 Å². The molecule has 4 heteroatoms. The van der Waals surface area contributed by atoms with Gasteiger partial charge in [0.2, 0.25) is 5.89 Å². The van der Waals surface area contributed by atoms with Crippen LogP contribution in [-0.4, -0.2) is 15.4 Å². The van der Waals surface area contributed by atoms with Crippen molar-refractivity contribution >= 4 is 11.8 Å². The molecule has 0 aliphatic heterocycles. The van der Waals surface area contributed by atoms with Crippen LogP contribution < -0.4 is 0 Å². The lowest BCUT2D eigenvalue weighted by Gasteiger charge is -1.96. The van der Waals surface area contributed by atoms with Gasteiger partial charge in [-0.2, -0.15) is 0 Å². The molecule has 1 heterocycles. The third-order valence-corrected chi connectivity index (χ3v) is 2.60. The summed E-state index contributed by atoms with van der Waals surface area (Å²) in [6.07, 6.45) is 0. The van der Waals surface area contributed by atoms with Crippen molar-refractivity contribution in [1.29, 1.82) is 0 Å². The van der Waals surface area contributed by atoms with Crippen molar-refractivity contribution in [3.63, 3.8) is 0 Å². The number of thioether (sulfide) groups is 1. The second kappa shape index (κ2) is 4.49. The molecule has 0 unspecified atom stereocenters. The molecule has 2 rings (SSSR count). The standard InChI is InChI=1S/C11H12N2OS/c1-8(2)15-11-13-12-10(14-11)9-6-4-3-5-7-9/h3-8H,1-2H3. The van der Waals surface area contributed by atoms with E-state index in [0.717, 1.165) is 5.56 Å². The maximum Gasteiger partial charge on any atom is 0.277 e. The minimum absolute atomic E-state index is 0.453. The van der Waals surface area contributed by atoms with E-state index in [1.165, 1.54) is 0 Å². The fourth-order valence-electron chi connectivity index (χ4n) is 1.16. The Hall–Kier alpha value is -1.29. The predicted octanol–water partition coefficient (Wildman–Crippen LogP) is 3.24. The Labute approximate surface area is 92.9 Å². The van der Waals surface area contributed by atoms with Gasteiger partial charge >= 0.3 is 0 Å². The largest absolute Gasteiger partial charge is 0.411 e. The van der Waals surface area contributed by atoms with Crippen LogP contribution in [0, 0.1) is 0 Å². The van der Waals surface area contributed by atoms with Crippen LogP contribution in [0.25, 0.3) is 11.5 Å². The number of aromatic nitrogens is 2. The lowest BCUT2D eigenvalue weighted by Crippen LogP contribution is -1.84. The molecule has 0 saturated carbocycles. The highest BCUT2D eigenvalue weighted by atomic mass is 32.2. The Bertz CT molecular complexity index is 425. The van der Waals surface area contributed by atoms with Gasteiger partial charge in [-0.3, -0.25) is 0 Å². The number of benzene rings is 1. The Morgan fingerprint density at radius 2 is 1.87 bits per heavy atom. The molecule has 1 aromatic heterocycles. The highest BCUT2D eigenvalue weighted by Gasteiger charge is 2.09. The summed E-state index contributed by atoms with van der Waals surface area (Å²) in [6.45, 7) is 4.19. The Kier molecular flexibility index (Phi) is 3.06. The molecule has 0 aliphatic carbocycles. The molecule has 1 aromatic carbocycles. The van der Waals surface area contributed by atoms with Crippen LogP contribution in [0.2, 0.25) is 0 Å².